The second kappa shape index (κ2) is 9.63. The van der Waals surface area contributed by atoms with Crippen LogP contribution in [0.5, 0.6) is 0 Å². The zero-order chi connectivity index (χ0) is 21.6. The Labute approximate surface area is 186 Å². The molecule has 4 nitrogen and oxygen atoms in total. The van der Waals surface area contributed by atoms with Gasteiger partial charge in [-0.2, -0.15) is 0 Å². The van der Waals surface area contributed by atoms with Crippen LogP contribution in [0.1, 0.15) is 39.4 Å². The SMILES string of the molecule is O=Cc1cc(C=CCCNC(=O)OCC2c3ccccc3-c3ccccc32)ccc1Cl. The Bertz CT molecular complexity index is 1090. The van der Waals surface area contributed by atoms with Gasteiger partial charge in [0, 0.05) is 18.0 Å². The third-order valence-corrected chi connectivity index (χ3v) is 5.73. The predicted octanol–water partition coefficient (Wildman–Crippen LogP) is 6.09. The van der Waals surface area contributed by atoms with Gasteiger partial charge in [0.05, 0.1) is 5.02 Å². The molecule has 3 aromatic rings. The summed E-state index contributed by atoms with van der Waals surface area (Å²) < 4.78 is 5.52. The molecule has 0 saturated heterocycles. The number of hydrogen-bond donors (Lipinski definition) is 1. The largest absolute Gasteiger partial charge is 0.449 e. The number of nitrogens with one attached hydrogen (secondary N) is 1. The van der Waals surface area contributed by atoms with Gasteiger partial charge >= 0.3 is 6.09 Å². The van der Waals surface area contributed by atoms with Crippen LogP contribution in [0.15, 0.2) is 72.8 Å². The van der Waals surface area contributed by atoms with Crippen LogP contribution in [0.2, 0.25) is 5.02 Å². The lowest BCUT2D eigenvalue weighted by Crippen LogP contribution is -2.26. The van der Waals surface area contributed by atoms with Gasteiger partial charge in [-0.1, -0.05) is 78.4 Å². The first-order chi connectivity index (χ1) is 15.2. The van der Waals surface area contributed by atoms with E-state index in [-0.39, 0.29) is 5.92 Å². The second-order valence-electron chi connectivity index (χ2n) is 7.34. The van der Waals surface area contributed by atoms with Crippen molar-refractivity contribution in [1.29, 1.82) is 0 Å². The fourth-order valence-corrected chi connectivity index (χ4v) is 4.04. The third kappa shape index (κ3) is 4.70. The summed E-state index contributed by atoms with van der Waals surface area (Å²) in [7, 11) is 0. The van der Waals surface area contributed by atoms with Gasteiger partial charge in [0.25, 0.3) is 0 Å². The van der Waals surface area contributed by atoms with Gasteiger partial charge in [-0.25, -0.2) is 4.79 Å². The molecule has 0 saturated carbocycles. The summed E-state index contributed by atoms with van der Waals surface area (Å²) in [6.07, 6.45) is 4.77. The monoisotopic (exact) mass is 431 g/mol. The Hall–Kier alpha value is -3.37. The normalized spacial score (nSPS) is 12.4. The van der Waals surface area contributed by atoms with Gasteiger partial charge in [0.15, 0.2) is 6.29 Å². The molecule has 1 aliphatic rings. The average molecular weight is 432 g/mol. The Morgan fingerprint density at radius 2 is 1.68 bits per heavy atom. The van der Waals surface area contributed by atoms with Crippen molar-refractivity contribution in [3.63, 3.8) is 0 Å². The molecule has 0 heterocycles. The van der Waals surface area contributed by atoms with Gasteiger partial charge in [0.1, 0.15) is 6.61 Å². The van der Waals surface area contributed by atoms with Crippen molar-refractivity contribution in [3.05, 3.63) is 100 Å². The van der Waals surface area contributed by atoms with Crippen molar-refractivity contribution in [2.45, 2.75) is 12.3 Å². The first-order valence-corrected chi connectivity index (χ1v) is 10.6. The molecular formula is C26H22ClNO3. The number of hydrogen-bond acceptors (Lipinski definition) is 3. The van der Waals surface area contributed by atoms with Gasteiger partial charge in [-0.15, -0.1) is 0 Å². The van der Waals surface area contributed by atoms with Crippen LogP contribution < -0.4 is 5.32 Å². The molecule has 0 aromatic heterocycles. The van der Waals surface area contributed by atoms with Crippen LogP contribution in [-0.4, -0.2) is 25.5 Å². The molecule has 3 aromatic carbocycles. The molecule has 0 unspecified atom stereocenters. The van der Waals surface area contributed by atoms with E-state index in [1.54, 1.807) is 12.1 Å². The zero-order valence-corrected chi connectivity index (χ0v) is 17.6. The molecule has 1 aliphatic carbocycles. The highest BCUT2D eigenvalue weighted by Crippen LogP contribution is 2.44. The lowest BCUT2D eigenvalue weighted by Gasteiger charge is -2.14. The molecule has 0 spiro atoms. The molecule has 0 aliphatic heterocycles. The van der Waals surface area contributed by atoms with E-state index in [2.05, 4.69) is 29.6 Å². The Balaban J connectivity index is 1.27. The first-order valence-electron chi connectivity index (χ1n) is 10.2. The molecule has 0 fully saturated rings. The molecular weight excluding hydrogens is 410 g/mol. The summed E-state index contributed by atoms with van der Waals surface area (Å²) in [5.74, 6) is 0.0509. The fourth-order valence-electron chi connectivity index (χ4n) is 3.88. The summed E-state index contributed by atoms with van der Waals surface area (Å²) in [4.78, 5) is 23.1. The van der Waals surface area contributed by atoms with E-state index >= 15 is 0 Å². The van der Waals surface area contributed by atoms with Gasteiger partial charge in [-0.05, 0) is 46.4 Å². The Morgan fingerprint density at radius 3 is 2.35 bits per heavy atom. The van der Waals surface area contributed by atoms with E-state index in [1.807, 2.05) is 42.5 Å². The maximum atomic E-state index is 12.2. The van der Waals surface area contributed by atoms with Crippen molar-refractivity contribution in [3.8, 4) is 11.1 Å². The van der Waals surface area contributed by atoms with E-state index in [0.717, 1.165) is 11.8 Å². The highest BCUT2D eigenvalue weighted by Gasteiger charge is 2.28. The summed E-state index contributed by atoms with van der Waals surface area (Å²) in [6.45, 7) is 0.760. The molecule has 0 atom stereocenters. The second-order valence-corrected chi connectivity index (χ2v) is 7.75. The third-order valence-electron chi connectivity index (χ3n) is 5.38. The van der Waals surface area contributed by atoms with Gasteiger partial charge in [-0.3, -0.25) is 4.79 Å². The number of benzene rings is 3. The number of alkyl carbamates (subject to hydrolysis) is 1. The number of carbonyl (C=O) groups is 2. The number of fused-ring (bicyclic) bond motifs is 3. The van der Waals surface area contributed by atoms with Crippen molar-refractivity contribution in [2.75, 3.05) is 13.2 Å². The summed E-state index contributed by atoms with van der Waals surface area (Å²) in [5, 5.41) is 3.22. The van der Waals surface area contributed by atoms with Crippen molar-refractivity contribution >= 4 is 30.1 Å². The zero-order valence-electron chi connectivity index (χ0n) is 16.9. The van der Waals surface area contributed by atoms with Crippen molar-refractivity contribution < 1.29 is 14.3 Å². The molecule has 1 N–H and O–H groups in total. The topological polar surface area (TPSA) is 55.4 Å². The number of carbonyl (C=O) groups excluding carboxylic acids is 2. The molecule has 31 heavy (non-hydrogen) atoms. The minimum atomic E-state index is -0.426. The smallest absolute Gasteiger partial charge is 0.407 e. The lowest BCUT2D eigenvalue weighted by molar-refractivity contribution is 0.112. The van der Waals surface area contributed by atoms with E-state index < -0.39 is 6.09 Å². The van der Waals surface area contributed by atoms with Crippen molar-refractivity contribution in [2.24, 2.45) is 0 Å². The summed E-state index contributed by atoms with van der Waals surface area (Å²) in [5.41, 5.74) is 6.14. The lowest BCUT2D eigenvalue weighted by atomic mass is 9.98. The molecule has 1 amide bonds. The molecule has 4 rings (SSSR count). The van der Waals surface area contributed by atoms with Crippen LogP contribution in [0.4, 0.5) is 4.79 Å². The molecule has 156 valence electrons. The van der Waals surface area contributed by atoms with Gasteiger partial charge in [0.2, 0.25) is 0 Å². The molecule has 5 heteroatoms. The number of halogens is 1. The first kappa shape index (κ1) is 20.9. The number of amides is 1. The molecule has 0 radical (unpaired) electrons. The van der Waals surface area contributed by atoms with Crippen molar-refractivity contribution in [1.82, 2.24) is 5.32 Å². The Kier molecular flexibility index (Phi) is 6.48. The number of ether oxygens (including phenoxy) is 1. The summed E-state index contributed by atoms with van der Waals surface area (Å²) >= 11 is 5.93. The standard InChI is InChI=1S/C26H22ClNO3/c27-25-13-12-18(15-19(25)16-29)7-5-6-14-28-26(30)31-17-24-22-10-3-1-8-20(22)21-9-2-4-11-23(21)24/h1-5,7-13,15-16,24H,6,14,17H2,(H,28,30). The fraction of sp³-hybridized carbons (Fsp3) is 0.154. The average Bonchev–Trinajstić information content (AvgIpc) is 3.12. The number of rotatable bonds is 7. The maximum Gasteiger partial charge on any atom is 0.407 e. The van der Waals surface area contributed by atoms with E-state index in [1.165, 1.54) is 22.3 Å². The van der Waals surface area contributed by atoms with Crippen LogP contribution in [0.25, 0.3) is 17.2 Å². The highest BCUT2D eigenvalue weighted by molar-refractivity contribution is 6.33. The van der Waals surface area contributed by atoms with Crippen LogP contribution in [0, 0.1) is 0 Å². The van der Waals surface area contributed by atoms with E-state index in [9.17, 15) is 9.59 Å². The summed E-state index contributed by atoms with van der Waals surface area (Å²) in [6, 6.07) is 21.8. The highest BCUT2D eigenvalue weighted by atomic mass is 35.5. The minimum Gasteiger partial charge on any atom is -0.449 e. The minimum absolute atomic E-state index is 0.0509. The quantitative estimate of drug-likeness (QED) is 0.363. The van der Waals surface area contributed by atoms with Crippen LogP contribution in [-0.2, 0) is 4.74 Å². The van der Waals surface area contributed by atoms with Crippen LogP contribution >= 0.6 is 11.6 Å². The molecule has 0 bridgehead atoms. The maximum absolute atomic E-state index is 12.2. The predicted molar refractivity (Wildman–Crippen MR) is 124 cm³/mol. The number of aldehydes is 1. The Morgan fingerprint density at radius 1 is 1.00 bits per heavy atom. The van der Waals surface area contributed by atoms with Gasteiger partial charge < -0.3 is 10.1 Å². The van der Waals surface area contributed by atoms with E-state index in [0.29, 0.717) is 30.2 Å². The van der Waals surface area contributed by atoms with E-state index in [4.69, 9.17) is 16.3 Å². The van der Waals surface area contributed by atoms with Crippen LogP contribution in [0.3, 0.4) is 0 Å².